The fourth-order valence-corrected chi connectivity index (χ4v) is 3.31. The van der Waals surface area contributed by atoms with E-state index in [9.17, 15) is 4.79 Å². The summed E-state index contributed by atoms with van der Waals surface area (Å²) in [6.07, 6.45) is 0. The Morgan fingerprint density at radius 3 is 3.05 bits per heavy atom. The molecule has 1 aromatic carbocycles. The average Bonchev–Trinajstić information content (AvgIpc) is 2.45. The van der Waals surface area contributed by atoms with Gasteiger partial charge in [-0.1, -0.05) is 30.4 Å². The van der Waals surface area contributed by atoms with Crippen molar-refractivity contribution in [3.8, 4) is 11.8 Å². The minimum Gasteiger partial charge on any atom is -0.384 e. The second-order valence-corrected chi connectivity index (χ2v) is 6.54. The minimum absolute atomic E-state index is 0.0146. The summed E-state index contributed by atoms with van der Waals surface area (Å²) in [6, 6.07) is 5.11. The maximum atomic E-state index is 12.4. The van der Waals surface area contributed by atoms with Crippen LogP contribution < -0.4 is 0 Å². The number of nitrogens with zero attached hydrogens (tertiary/aromatic N) is 1. The lowest BCUT2D eigenvalue weighted by Gasteiger charge is -2.30. The van der Waals surface area contributed by atoms with Gasteiger partial charge in [0.1, 0.15) is 6.61 Å². The van der Waals surface area contributed by atoms with Crippen molar-refractivity contribution in [1.82, 2.24) is 4.90 Å². The number of aliphatic hydroxyl groups excluding tert-OH is 1. The summed E-state index contributed by atoms with van der Waals surface area (Å²) in [6.45, 7) is 3.47. The quantitative estimate of drug-likeness (QED) is 0.809. The van der Waals surface area contributed by atoms with E-state index in [-0.39, 0.29) is 12.5 Å². The molecule has 5 heteroatoms. The van der Waals surface area contributed by atoms with E-state index >= 15 is 0 Å². The molecule has 3 nitrogen and oxygen atoms in total. The third kappa shape index (κ3) is 3.69. The predicted octanol–water partition coefficient (Wildman–Crippen LogP) is 2.26. The van der Waals surface area contributed by atoms with Crippen LogP contribution in [0.4, 0.5) is 0 Å². The van der Waals surface area contributed by atoms with Gasteiger partial charge in [-0.05, 0) is 18.2 Å². The first kappa shape index (κ1) is 15.2. The van der Waals surface area contributed by atoms with Gasteiger partial charge in [0.2, 0.25) is 0 Å². The molecule has 1 unspecified atom stereocenters. The molecular formula is C15H16ClNO2S. The Morgan fingerprint density at radius 2 is 2.40 bits per heavy atom. The summed E-state index contributed by atoms with van der Waals surface area (Å²) < 4.78 is 0. The van der Waals surface area contributed by atoms with Crippen LogP contribution in [0.3, 0.4) is 0 Å². The van der Waals surface area contributed by atoms with Crippen molar-refractivity contribution in [2.24, 2.45) is 0 Å². The van der Waals surface area contributed by atoms with E-state index in [0.29, 0.717) is 21.4 Å². The van der Waals surface area contributed by atoms with Crippen LogP contribution in [-0.2, 0) is 0 Å². The number of hydrogen-bond acceptors (Lipinski definition) is 3. The molecule has 2 rings (SSSR count). The van der Waals surface area contributed by atoms with E-state index in [1.807, 2.05) is 16.7 Å². The second kappa shape index (κ2) is 7.03. The smallest absolute Gasteiger partial charge is 0.253 e. The highest BCUT2D eigenvalue weighted by Crippen LogP contribution is 2.22. The molecule has 1 N–H and O–H groups in total. The Bertz CT molecular complexity index is 565. The largest absolute Gasteiger partial charge is 0.384 e. The maximum Gasteiger partial charge on any atom is 0.253 e. The number of halogens is 1. The van der Waals surface area contributed by atoms with E-state index in [1.54, 1.807) is 18.2 Å². The van der Waals surface area contributed by atoms with Gasteiger partial charge < -0.3 is 10.0 Å². The van der Waals surface area contributed by atoms with Gasteiger partial charge in [-0.15, -0.1) is 0 Å². The monoisotopic (exact) mass is 309 g/mol. The molecule has 1 heterocycles. The Kier molecular flexibility index (Phi) is 5.36. The van der Waals surface area contributed by atoms with Gasteiger partial charge in [0.05, 0.1) is 5.02 Å². The number of carbonyl (C=O) groups excluding carboxylic acids is 1. The first-order valence-corrected chi connectivity index (χ1v) is 7.84. The van der Waals surface area contributed by atoms with E-state index in [2.05, 4.69) is 18.8 Å². The van der Waals surface area contributed by atoms with Crippen molar-refractivity contribution < 1.29 is 9.90 Å². The standard InChI is InChI=1S/C15H16ClNO2S/c1-11-10-17(6-8-20-11)15(19)13-5-4-12(3-2-7-18)14(16)9-13/h4-5,9,11,18H,6-8,10H2,1H3. The molecule has 1 aromatic rings. The van der Waals surface area contributed by atoms with Crippen LogP contribution in [0.1, 0.15) is 22.8 Å². The highest BCUT2D eigenvalue weighted by atomic mass is 35.5. The topological polar surface area (TPSA) is 40.5 Å². The fraction of sp³-hybridized carbons (Fsp3) is 0.400. The number of hydrogen-bond donors (Lipinski definition) is 1. The van der Waals surface area contributed by atoms with Crippen LogP contribution in [-0.4, -0.2) is 46.6 Å². The second-order valence-electron chi connectivity index (χ2n) is 4.59. The number of amides is 1. The van der Waals surface area contributed by atoms with Crippen LogP contribution in [0.5, 0.6) is 0 Å². The number of rotatable bonds is 1. The minimum atomic E-state index is -0.208. The van der Waals surface area contributed by atoms with Crippen molar-refractivity contribution in [3.05, 3.63) is 34.3 Å². The van der Waals surface area contributed by atoms with E-state index in [0.717, 1.165) is 18.8 Å². The van der Waals surface area contributed by atoms with Gasteiger partial charge in [0.25, 0.3) is 5.91 Å². The summed E-state index contributed by atoms with van der Waals surface area (Å²) in [4.78, 5) is 14.3. The summed E-state index contributed by atoms with van der Waals surface area (Å²) >= 11 is 8.01. The molecular weight excluding hydrogens is 294 g/mol. The Hall–Kier alpha value is -1.15. The molecule has 20 heavy (non-hydrogen) atoms. The lowest BCUT2D eigenvalue weighted by atomic mass is 10.1. The van der Waals surface area contributed by atoms with Gasteiger partial charge in [0, 0.05) is 35.2 Å². The van der Waals surface area contributed by atoms with Crippen LogP contribution in [0, 0.1) is 11.8 Å². The van der Waals surface area contributed by atoms with Gasteiger partial charge in [-0.3, -0.25) is 4.79 Å². The molecule has 1 aliphatic heterocycles. The van der Waals surface area contributed by atoms with Crippen LogP contribution in [0.15, 0.2) is 18.2 Å². The SMILES string of the molecule is CC1CN(C(=O)c2ccc(C#CCO)c(Cl)c2)CCS1. The van der Waals surface area contributed by atoms with Gasteiger partial charge >= 0.3 is 0 Å². The van der Waals surface area contributed by atoms with Crippen LogP contribution >= 0.6 is 23.4 Å². The Morgan fingerprint density at radius 1 is 1.60 bits per heavy atom. The van der Waals surface area contributed by atoms with E-state index in [1.165, 1.54) is 0 Å². The third-order valence-electron chi connectivity index (χ3n) is 3.05. The predicted molar refractivity (Wildman–Crippen MR) is 83.2 cm³/mol. The zero-order valence-electron chi connectivity index (χ0n) is 11.2. The normalized spacial score (nSPS) is 18.4. The molecule has 0 spiro atoms. The number of thioether (sulfide) groups is 1. The Labute approximate surface area is 128 Å². The van der Waals surface area contributed by atoms with E-state index < -0.39 is 0 Å². The van der Waals surface area contributed by atoms with Crippen LogP contribution in [0.25, 0.3) is 0 Å². The summed E-state index contributed by atoms with van der Waals surface area (Å²) in [5.74, 6) is 6.29. The van der Waals surface area contributed by atoms with Gasteiger partial charge in [-0.2, -0.15) is 11.8 Å². The lowest BCUT2D eigenvalue weighted by molar-refractivity contribution is 0.0763. The van der Waals surface area contributed by atoms with Crippen molar-refractivity contribution in [2.75, 3.05) is 25.4 Å². The third-order valence-corrected chi connectivity index (χ3v) is 4.50. The first-order valence-electron chi connectivity index (χ1n) is 6.42. The van der Waals surface area contributed by atoms with Crippen molar-refractivity contribution in [3.63, 3.8) is 0 Å². The zero-order chi connectivity index (χ0) is 14.5. The summed E-state index contributed by atoms with van der Waals surface area (Å²) in [5.41, 5.74) is 1.21. The summed E-state index contributed by atoms with van der Waals surface area (Å²) in [5, 5.41) is 9.59. The molecule has 0 aliphatic carbocycles. The molecule has 0 bridgehead atoms. The number of carbonyl (C=O) groups is 1. The van der Waals surface area contributed by atoms with Crippen LogP contribution in [0.2, 0.25) is 5.02 Å². The van der Waals surface area contributed by atoms with Crippen molar-refractivity contribution in [1.29, 1.82) is 0 Å². The molecule has 0 aromatic heterocycles. The molecule has 1 fully saturated rings. The zero-order valence-corrected chi connectivity index (χ0v) is 12.8. The molecule has 1 aliphatic rings. The molecule has 1 amide bonds. The molecule has 106 valence electrons. The highest BCUT2D eigenvalue weighted by molar-refractivity contribution is 7.99. The first-order chi connectivity index (χ1) is 9.61. The average molecular weight is 310 g/mol. The maximum absolute atomic E-state index is 12.4. The molecule has 1 saturated heterocycles. The molecule has 0 saturated carbocycles. The molecule has 1 atom stereocenters. The number of aliphatic hydroxyl groups is 1. The number of benzene rings is 1. The van der Waals surface area contributed by atoms with E-state index in [4.69, 9.17) is 16.7 Å². The Balaban J connectivity index is 2.16. The van der Waals surface area contributed by atoms with Crippen molar-refractivity contribution >= 4 is 29.3 Å². The van der Waals surface area contributed by atoms with Gasteiger partial charge in [-0.25, -0.2) is 0 Å². The molecule has 0 radical (unpaired) electrons. The summed E-state index contributed by atoms with van der Waals surface area (Å²) in [7, 11) is 0. The highest BCUT2D eigenvalue weighted by Gasteiger charge is 2.22. The van der Waals surface area contributed by atoms with Crippen molar-refractivity contribution in [2.45, 2.75) is 12.2 Å². The fourth-order valence-electron chi connectivity index (χ4n) is 2.07. The van der Waals surface area contributed by atoms with Gasteiger partial charge in [0.15, 0.2) is 0 Å². The lowest BCUT2D eigenvalue weighted by Crippen LogP contribution is -2.41.